The van der Waals surface area contributed by atoms with Crippen molar-refractivity contribution in [3.8, 4) is 5.75 Å². The quantitative estimate of drug-likeness (QED) is 0.299. The number of amides is 3. The normalized spacial score (nSPS) is 12.6. The first kappa shape index (κ1) is 30.2. The molecule has 0 aromatic heterocycles. The number of alkyl carbamates (subject to hydrolysis) is 1. The van der Waals surface area contributed by atoms with E-state index in [2.05, 4.69) is 10.6 Å². The number of nitrogens with one attached hydrogen (secondary N) is 2. The molecule has 3 amide bonds. The number of phenols is 1. The molecule has 0 heterocycles. The molecule has 40 heavy (non-hydrogen) atoms. The Morgan fingerprint density at radius 3 is 2.25 bits per heavy atom. The lowest BCUT2D eigenvalue weighted by Crippen LogP contribution is -2.53. The number of nitrogens with zero attached hydrogens (tertiary/aromatic N) is 1. The minimum atomic E-state index is -1.23. The zero-order chi connectivity index (χ0) is 29.3. The van der Waals surface area contributed by atoms with E-state index < -0.39 is 42.2 Å². The molecule has 0 radical (unpaired) electrons. The fraction of sp³-hybridized carbons (Fsp3) is 0.323. The van der Waals surface area contributed by atoms with Gasteiger partial charge in [0.2, 0.25) is 5.91 Å². The number of carbonyl (C=O) groups excluding carboxylic acids is 3. The number of aliphatic hydroxyl groups is 1. The molecular weight excluding hydrogens is 510 g/mol. The van der Waals surface area contributed by atoms with Crippen LogP contribution < -0.4 is 10.6 Å². The summed E-state index contributed by atoms with van der Waals surface area (Å²) in [5.41, 5.74) is 1.69. The number of phenolic OH excluding ortho intramolecular Hbond substituents is 1. The summed E-state index contributed by atoms with van der Waals surface area (Å²) in [5, 5.41) is 25.7. The Morgan fingerprint density at radius 1 is 0.950 bits per heavy atom. The lowest BCUT2D eigenvalue weighted by atomic mass is 10.00. The van der Waals surface area contributed by atoms with E-state index in [1.54, 1.807) is 45.0 Å². The molecule has 0 aliphatic carbocycles. The van der Waals surface area contributed by atoms with E-state index >= 15 is 0 Å². The molecule has 212 valence electrons. The van der Waals surface area contributed by atoms with Crippen molar-refractivity contribution >= 4 is 23.6 Å². The maximum Gasteiger partial charge on any atom is 0.408 e. The zero-order valence-corrected chi connectivity index (χ0v) is 23.3. The van der Waals surface area contributed by atoms with Crippen molar-refractivity contribution in [1.82, 2.24) is 10.2 Å². The second kappa shape index (κ2) is 13.6. The highest BCUT2D eigenvalue weighted by molar-refractivity contribution is 5.99. The van der Waals surface area contributed by atoms with Gasteiger partial charge in [-0.25, -0.2) is 4.79 Å². The number of para-hydroxylation sites is 1. The van der Waals surface area contributed by atoms with Gasteiger partial charge in [0.25, 0.3) is 5.91 Å². The van der Waals surface area contributed by atoms with Gasteiger partial charge >= 0.3 is 6.09 Å². The van der Waals surface area contributed by atoms with Gasteiger partial charge in [-0.1, -0.05) is 60.7 Å². The molecule has 2 atom stereocenters. The third-order valence-electron chi connectivity index (χ3n) is 6.04. The van der Waals surface area contributed by atoms with Crippen molar-refractivity contribution in [3.05, 3.63) is 95.6 Å². The average Bonchev–Trinajstić information content (AvgIpc) is 2.88. The van der Waals surface area contributed by atoms with Crippen LogP contribution in [0.3, 0.4) is 0 Å². The van der Waals surface area contributed by atoms with E-state index in [0.29, 0.717) is 11.3 Å². The van der Waals surface area contributed by atoms with Gasteiger partial charge in [-0.05, 0) is 62.6 Å². The lowest BCUT2D eigenvalue weighted by Gasteiger charge is -2.34. The largest absolute Gasteiger partial charge is 0.508 e. The van der Waals surface area contributed by atoms with Crippen LogP contribution in [-0.2, 0) is 20.7 Å². The molecule has 0 saturated heterocycles. The van der Waals surface area contributed by atoms with Crippen LogP contribution in [0.1, 0.15) is 43.5 Å². The van der Waals surface area contributed by atoms with E-state index in [4.69, 9.17) is 4.74 Å². The molecule has 9 nitrogen and oxygen atoms in total. The Balaban J connectivity index is 2.03. The van der Waals surface area contributed by atoms with Crippen LogP contribution in [0.2, 0.25) is 0 Å². The third-order valence-corrected chi connectivity index (χ3v) is 6.04. The van der Waals surface area contributed by atoms with Crippen LogP contribution in [0.5, 0.6) is 5.75 Å². The van der Waals surface area contributed by atoms with Crippen molar-refractivity contribution in [2.45, 2.75) is 51.8 Å². The van der Waals surface area contributed by atoms with Gasteiger partial charge in [-0.2, -0.15) is 0 Å². The maximum atomic E-state index is 14.2. The summed E-state index contributed by atoms with van der Waals surface area (Å²) < 4.78 is 5.41. The van der Waals surface area contributed by atoms with Crippen molar-refractivity contribution in [1.29, 1.82) is 0 Å². The fourth-order valence-electron chi connectivity index (χ4n) is 4.26. The van der Waals surface area contributed by atoms with Gasteiger partial charge in [0, 0.05) is 18.7 Å². The highest BCUT2D eigenvalue weighted by atomic mass is 16.6. The van der Waals surface area contributed by atoms with Gasteiger partial charge in [0.1, 0.15) is 23.4 Å². The average molecular weight is 548 g/mol. The van der Waals surface area contributed by atoms with Gasteiger partial charge in [-0.3, -0.25) is 9.59 Å². The molecular formula is C31H37N3O6. The summed E-state index contributed by atoms with van der Waals surface area (Å²) in [6.07, 6.45) is -0.670. The maximum absolute atomic E-state index is 14.2. The number of hydrogen-bond acceptors (Lipinski definition) is 6. The summed E-state index contributed by atoms with van der Waals surface area (Å²) in [4.78, 5) is 42.0. The van der Waals surface area contributed by atoms with Gasteiger partial charge in [-0.15, -0.1) is 0 Å². The fourth-order valence-corrected chi connectivity index (χ4v) is 4.26. The Hall–Kier alpha value is -4.37. The molecule has 3 aromatic carbocycles. The number of ether oxygens (including phenoxy) is 1. The first-order valence-electron chi connectivity index (χ1n) is 13.1. The van der Waals surface area contributed by atoms with Crippen molar-refractivity contribution in [2.75, 3.05) is 18.5 Å². The summed E-state index contributed by atoms with van der Waals surface area (Å²) >= 11 is 0. The second-order valence-corrected chi connectivity index (χ2v) is 10.4. The van der Waals surface area contributed by atoms with E-state index in [0.717, 1.165) is 11.1 Å². The standard InChI is InChI=1S/C31H37N3O6/c1-21-11-8-9-16-25(21)32-28(37)27(23-14-10-15-24(36)20-23)34(17-18-35)29(38)26(19-22-12-6-5-7-13-22)33-30(39)40-31(2,3)4/h5-16,20,26-27,35-36H,17-19H2,1-4H3,(H,32,37)(H,33,39). The minimum absolute atomic E-state index is 0.0877. The molecule has 9 heteroatoms. The molecule has 0 bridgehead atoms. The molecule has 3 aromatic rings. The Kier molecular flexibility index (Phi) is 10.3. The van der Waals surface area contributed by atoms with Crippen molar-refractivity contribution in [2.24, 2.45) is 0 Å². The number of aromatic hydroxyl groups is 1. The smallest absolute Gasteiger partial charge is 0.408 e. The molecule has 0 aliphatic rings. The topological polar surface area (TPSA) is 128 Å². The van der Waals surface area contributed by atoms with E-state index in [1.165, 1.54) is 17.0 Å². The summed E-state index contributed by atoms with van der Waals surface area (Å²) in [6.45, 7) is 6.34. The first-order valence-corrected chi connectivity index (χ1v) is 13.1. The molecule has 3 rings (SSSR count). The van der Waals surface area contributed by atoms with Crippen LogP contribution in [0.15, 0.2) is 78.9 Å². The summed E-state index contributed by atoms with van der Waals surface area (Å²) in [7, 11) is 0. The predicted octanol–water partition coefficient (Wildman–Crippen LogP) is 4.34. The molecule has 0 aliphatic heterocycles. The van der Waals surface area contributed by atoms with Gasteiger partial charge in [0.05, 0.1) is 6.61 Å². The van der Waals surface area contributed by atoms with Crippen LogP contribution in [-0.4, -0.2) is 57.8 Å². The Bertz CT molecular complexity index is 1310. The molecule has 0 fully saturated rings. The zero-order valence-electron chi connectivity index (χ0n) is 23.3. The summed E-state index contributed by atoms with van der Waals surface area (Å²) in [5.74, 6) is -1.23. The van der Waals surface area contributed by atoms with Crippen LogP contribution >= 0.6 is 0 Å². The van der Waals surface area contributed by atoms with E-state index in [1.807, 2.05) is 49.4 Å². The molecule has 4 N–H and O–H groups in total. The number of aliphatic hydroxyl groups excluding tert-OH is 1. The molecule has 0 saturated carbocycles. The van der Waals surface area contributed by atoms with Crippen LogP contribution in [0.4, 0.5) is 10.5 Å². The predicted molar refractivity (Wildman–Crippen MR) is 153 cm³/mol. The number of aryl methyl sites for hydroxylation is 1. The highest BCUT2D eigenvalue weighted by Gasteiger charge is 2.36. The number of carbonyl (C=O) groups is 3. The van der Waals surface area contributed by atoms with Crippen molar-refractivity contribution < 1.29 is 29.3 Å². The van der Waals surface area contributed by atoms with Crippen molar-refractivity contribution in [3.63, 3.8) is 0 Å². The van der Waals surface area contributed by atoms with E-state index in [9.17, 15) is 24.6 Å². The van der Waals surface area contributed by atoms with Crippen LogP contribution in [0, 0.1) is 6.92 Å². The Labute approximate surface area is 234 Å². The van der Waals surface area contributed by atoms with E-state index in [-0.39, 0.29) is 18.7 Å². The second-order valence-electron chi connectivity index (χ2n) is 10.4. The number of anilines is 1. The number of hydrogen-bond donors (Lipinski definition) is 4. The third kappa shape index (κ3) is 8.57. The van der Waals surface area contributed by atoms with Crippen LogP contribution in [0.25, 0.3) is 0 Å². The summed E-state index contributed by atoms with van der Waals surface area (Å²) in [6, 6.07) is 20.0. The Morgan fingerprint density at radius 2 is 1.62 bits per heavy atom. The molecule has 2 unspecified atom stereocenters. The number of rotatable bonds is 10. The SMILES string of the molecule is Cc1ccccc1NC(=O)C(c1cccc(O)c1)N(CCO)C(=O)C(Cc1ccccc1)NC(=O)OC(C)(C)C. The highest BCUT2D eigenvalue weighted by Crippen LogP contribution is 2.28. The minimum Gasteiger partial charge on any atom is -0.508 e. The first-order chi connectivity index (χ1) is 19.0. The number of benzene rings is 3. The monoisotopic (exact) mass is 547 g/mol. The molecule has 0 spiro atoms. The van der Waals surface area contributed by atoms with Gasteiger partial charge < -0.3 is 30.5 Å². The van der Waals surface area contributed by atoms with Gasteiger partial charge in [0.15, 0.2) is 0 Å². The lowest BCUT2D eigenvalue weighted by molar-refractivity contribution is -0.141.